The van der Waals surface area contributed by atoms with Crippen molar-refractivity contribution in [1.82, 2.24) is 5.32 Å². The number of hydrogen-bond donors (Lipinski definition) is 2. The molecule has 0 aromatic rings. The predicted molar refractivity (Wildman–Crippen MR) is 69.5 cm³/mol. The van der Waals surface area contributed by atoms with Gasteiger partial charge >= 0.3 is 0 Å². The van der Waals surface area contributed by atoms with Crippen molar-refractivity contribution in [2.24, 2.45) is 11.3 Å². The van der Waals surface area contributed by atoms with Crippen LogP contribution in [0.4, 0.5) is 0 Å². The molecule has 16 heavy (non-hydrogen) atoms. The SMILES string of the molecule is CC(C)C(C)(C)CNCC1(O)CCCCC1. The van der Waals surface area contributed by atoms with E-state index in [9.17, 15) is 5.11 Å². The highest BCUT2D eigenvalue weighted by molar-refractivity contribution is 4.85. The van der Waals surface area contributed by atoms with E-state index in [1.807, 2.05) is 0 Å². The minimum Gasteiger partial charge on any atom is -0.389 e. The van der Waals surface area contributed by atoms with E-state index in [1.54, 1.807) is 0 Å². The molecule has 0 bridgehead atoms. The van der Waals surface area contributed by atoms with Crippen molar-refractivity contribution in [3.63, 3.8) is 0 Å². The van der Waals surface area contributed by atoms with Crippen LogP contribution in [0.3, 0.4) is 0 Å². The molecule has 1 rings (SSSR count). The van der Waals surface area contributed by atoms with Crippen LogP contribution < -0.4 is 5.32 Å². The Morgan fingerprint density at radius 2 is 1.75 bits per heavy atom. The van der Waals surface area contributed by atoms with Gasteiger partial charge in [-0.1, -0.05) is 47.0 Å². The smallest absolute Gasteiger partial charge is 0.0771 e. The first kappa shape index (κ1) is 14.0. The Kier molecular flexibility index (Phi) is 4.81. The maximum Gasteiger partial charge on any atom is 0.0771 e. The summed E-state index contributed by atoms with van der Waals surface area (Å²) in [7, 11) is 0. The standard InChI is InChI=1S/C14H29NO/c1-12(2)13(3,4)10-15-11-14(16)8-6-5-7-9-14/h12,15-16H,5-11H2,1-4H3. The lowest BCUT2D eigenvalue weighted by atomic mass is 9.80. The van der Waals surface area contributed by atoms with Crippen molar-refractivity contribution < 1.29 is 5.11 Å². The van der Waals surface area contributed by atoms with Gasteiger partial charge in [0, 0.05) is 13.1 Å². The molecule has 1 aliphatic rings. The second kappa shape index (κ2) is 5.50. The maximum absolute atomic E-state index is 10.3. The van der Waals surface area contributed by atoms with E-state index >= 15 is 0 Å². The number of nitrogens with one attached hydrogen (secondary N) is 1. The lowest BCUT2D eigenvalue weighted by Crippen LogP contribution is -2.45. The van der Waals surface area contributed by atoms with Gasteiger partial charge < -0.3 is 10.4 Å². The predicted octanol–water partition coefficient (Wildman–Crippen LogP) is 2.95. The monoisotopic (exact) mass is 227 g/mol. The molecule has 2 nitrogen and oxygen atoms in total. The first-order chi connectivity index (χ1) is 7.36. The van der Waals surface area contributed by atoms with Gasteiger partial charge in [-0.3, -0.25) is 0 Å². The minimum atomic E-state index is -0.425. The molecular weight excluding hydrogens is 198 g/mol. The van der Waals surface area contributed by atoms with Crippen molar-refractivity contribution in [1.29, 1.82) is 0 Å². The molecule has 0 atom stereocenters. The topological polar surface area (TPSA) is 32.3 Å². The van der Waals surface area contributed by atoms with Crippen molar-refractivity contribution in [2.45, 2.75) is 65.4 Å². The normalized spacial score (nSPS) is 21.4. The molecule has 0 amide bonds. The lowest BCUT2D eigenvalue weighted by molar-refractivity contribution is 0.00246. The van der Waals surface area contributed by atoms with E-state index < -0.39 is 5.60 Å². The Balaban J connectivity index is 2.29. The highest BCUT2D eigenvalue weighted by Crippen LogP contribution is 2.28. The Hall–Kier alpha value is -0.0800. The van der Waals surface area contributed by atoms with Crippen LogP contribution in [-0.4, -0.2) is 23.8 Å². The van der Waals surface area contributed by atoms with Crippen LogP contribution in [0.2, 0.25) is 0 Å². The molecule has 0 aromatic heterocycles. The Labute approximate surface area is 101 Å². The van der Waals surface area contributed by atoms with Crippen molar-refractivity contribution in [3.8, 4) is 0 Å². The fraction of sp³-hybridized carbons (Fsp3) is 1.00. The van der Waals surface area contributed by atoms with E-state index in [-0.39, 0.29) is 0 Å². The van der Waals surface area contributed by atoms with Gasteiger partial charge in [0.15, 0.2) is 0 Å². The first-order valence-electron chi connectivity index (χ1n) is 6.79. The van der Waals surface area contributed by atoms with Crippen LogP contribution in [0.1, 0.15) is 59.8 Å². The molecule has 1 saturated carbocycles. The van der Waals surface area contributed by atoms with Gasteiger partial charge in [-0.15, -0.1) is 0 Å². The number of hydrogen-bond acceptors (Lipinski definition) is 2. The molecular formula is C14H29NO. The van der Waals surface area contributed by atoms with E-state index in [0.717, 1.165) is 25.9 Å². The molecule has 2 heteroatoms. The minimum absolute atomic E-state index is 0.311. The van der Waals surface area contributed by atoms with Crippen molar-refractivity contribution >= 4 is 0 Å². The van der Waals surface area contributed by atoms with E-state index in [2.05, 4.69) is 33.0 Å². The summed E-state index contributed by atoms with van der Waals surface area (Å²) in [4.78, 5) is 0. The molecule has 0 spiro atoms. The Morgan fingerprint density at radius 3 is 2.25 bits per heavy atom. The highest BCUT2D eigenvalue weighted by atomic mass is 16.3. The van der Waals surface area contributed by atoms with Crippen LogP contribution in [0, 0.1) is 11.3 Å². The third kappa shape index (κ3) is 4.06. The third-order valence-corrected chi connectivity index (χ3v) is 4.38. The van der Waals surface area contributed by atoms with Gasteiger partial charge in [0.05, 0.1) is 5.60 Å². The van der Waals surface area contributed by atoms with Gasteiger partial charge in [-0.2, -0.15) is 0 Å². The number of aliphatic hydroxyl groups is 1. The zero-order valence-corrected chi connectivity index (χ0v) is 11.5. The molecule has 96 valence electrons. The van der Waals surface area contributed by atoms with E-state index in [1.165, 1.54) is 19.3 Å². The summed E-state index contributed by atoms with van der Waals surface area (Å²) in [6, 6.07) is 0. The highest BCUT2D eigenvalue weighted by Gasteiger charge is 2.30. The summed E-state index contributed by atoms with van der Waals surface area (Å²) < 4.78 is 0. The molecule has 1 aliphatic carbocycles. The molecule has 2 N–H and O–H groups in total. The quantitative estimate of drug-likeness (QED) is 0.757. The first-order valence-corrected chi connectivity index (χ1v) is 6.79. The van der Waals surface area contributed by atoms with Gasteiger partial charge in [0.2, 0.25) is 0 Å². The largest absolute Gasteiger partial charge is 0.389 e. The fourth-order valence-corrected chi connectivity index (χ4v) is 2.21. The molecule has 0 aliphatic heterocycles. The van der Waals surface area contributed by atoms with Gasteiger partial charge in [0.1, 0.15) is 0 Å². The lowest BCUT2D eigenvalue weighted by Gasteiger charge is -2.35. The second-order valence-electron chi connectivity index (χ2n) is 6.53. The average Bonchev–Trinajstić information content (AvgIpc) is 2.17. The van der Waals surface area contributed by atoms with Crippen molar-refractivity contribution in [2.75, 3.05) is 13.1 Å². The van der Waals surface area contributed by atoms with E-state index in [4.69, 9.17) is 0 Å². The number of rotatable bonds is 5. The van der Waals surface area contributed by atoms with Gasteiger partial charge in [-0.05, 0) is 24.2 Å². The van der Waals surface area contributed by atoms with Gasteiger partial charge in [-0.25, -0.2) is 0 Å². The van der Waals surface area contributed by atoms with E-state index in [0.29, 0.717) is 11.3 Å². The molecule has 0 saturated heterocycles. The summed E-state index contributed by atoms with van der Waals surface area (Å²) in [5.74, 6) is 0.668. The summed E-state index contributed by atoms with van der Waals surface area (Å²) in [5, 5.41) is 13.8. The zero-order chi connectivity index (χ0) is 12.2. The van der Waals surface area contributed by atoms with Gasteiger partial charge in [0.25, 0.3) is 0 Å². The van der Waals surface area contributed by atoms with Crippen LogP contribution in [0.5, 0.6) is 0 Å². The fourth-order valence-electron chi connectivity index (χ4n) is 2.21. The molecule has 0 radical (unpaired) electrons. The second-order valence-corrected chi connectivity index (χ2v) is 6.53. The summed E-state index contributed by atoms with van der Waals surface area (Å²) in [5.41, 5.74) is -0.115. The average molecular weight is 227 g/mol. The van der Waals surface area contributed by atoms with Crippen LogP contribution in [-0.2, 0) is 0 Å². The molecule has 0 heterocycles. The van der Waals surface area contributed by atoms with Crippen LogP contribution >= 0.6 is 0 Å². The molecule has 1 fully saturated rings. The zero-order valence-electron chi connectivity index (χ0n) is 11.5. The summed E-state index contributed by atoms with van der Waals surface area (Å²) in [6.45, 7) is 10.9. The van der Waals surface area contributed by atoms with Crippen molar-refractivity contribution in [3.05, 3.63) is 0 Å². The Bertz CT molecular complexity index is 205. The Morgan fingerprint density at radius 1 is 1.19 bits per heavy atom. The molecule has 0 aromatic carbocycles. The summed E-state index contributed by atoms with van der Waals surface area (Å²) >= 11 is 0. The van der Waals surface area contributed by atoms with Crippen LogP contribution in [0.25, 0.3) is 0 Å². The summed E-state index contributed by atoms with van der Waals surface area (Å²) in [6.07, 6.45) is 5.61. The molecule has 0 unspecified atom stereocenters. The third-order valence-electron chi connectivity index (χ3n) is 4.38. The maximum atomic E-state index is 10.3. The van der Waals surface area contributed by atoms with Crippen LogP contribution in [0.15, 0.2) is 0 Å².